The van der Waals surface area contributed by atoms with Crippen LogP contribution in [0.15, 0.2) is 72.9 Å². The zero-order valence-corrected chi connectivity index (χ0v) is 17.1. The van der Waals surface area contributed by atoms with Gasteiger partial charge in [0.15, 0.2) is 0 Å². The minimum Gasteiger partial charge on any atom is -0.480 e. The van der Waals surface area contributed by atoms with Crippen molar-refractivity contribution in [3.63, 3.8) is 0 Å². The molecule has 2 aromatic carbocycles. The Labute approximate surface area is 181 Å². The van der Waals surface area contributed by atoms with Crippen molar-refractivity contribution in [1.29, 1.82) is 0 Å². The fourth-order valence-electron chi connectivity index (χ4n) is 2.83. The number of carboxylic acids is 1. The van der Waals surface area contributed by atoms with E-state index < -0.39 is 23.8 Å². The minimum atomic E-state index is -2.49. The van der Waals surface area contributed by atoms with E-state index in [1.54, 1.807) is 60.8 Å². The van der Waals surface area contributed by atoms with Gasteiger partial charge >= 0.3 is 12.0 Å². The van der Waals surface area contributed by atoms with Crippen LogP contribution in [0.3, 0.4) is 0 Å². The summed E-state index contributed by atoms with van der Waals surface area (Å²) in [5.41, 5.74) is 3.00. The van der Waals surface area contributed by atoms with Crippen molar-refractivity contribution in [1.82, 2.24) is 10.3 Å². The molecule has 2 amide bonds. The number of carbonyl (C=O) groups excluding carboxylic acids is 1. The summed E-state index contributed by atoms with van der Waals surface area (Å²) in [5, 5.41) is 14.5. The van der Waals surface area contributed by atoms with Crippen molar-refractivity contribution in [3.05, 3.63) is 78.6 Å². The lowest BCUT2D eigenvalue weighted by Gasteiger charge is -2.18. The SMILES string of the molecule is O=C(O)CN(c1cccc(-c2cccc(NC(=O)NCc3ccccn3)c2)c1)S(=O)O. The molecule has 0 fully saturated rings. The number of anilines is 2. The normalized spacial score (nSPS) is 11.4. The molecule has 1 atom stereocenters. The van der Waals surface area contributed by atoms with E-state index in [-0.39, 0.29) is 18.3 Å². The van der Waals surface area contributed by atoms with E-state index in [0.29, 0.717) is 11.3 Å². The molecule has 3 aromatic rings. The number of nitrogens with one attached hydrogen (secondary N) is 2. The third kappa shape index (κ3) is 6.36. The van der Waals surface area contributed by atoms with E-state index in [1.165, 1.54) is 0 Å². The van der Waals surface area contributed by atoms with Gasteiger partial charge in [-0.1, -0.05) is 30.3 Å². The second kappa shape index (κ2) is 10.3. The summed E-state index contributed by atoms with van der Waals surface area (Å²) in [4.78, 5) is 27.3. The number of hydrogen-bond donors (Lipinski definition) is 4. The van der Waals surface area contributed by atoms with Gasteiger partial charge in [0.1, 0.15) is 6.54 Å². The Morgan fingerprint density at radius 1 is 1.00 bits per heavy atom. The first-order valence-electron chi connectivity index (χ1n) is 9.18. The molecule has 3 rings (SSSR count). The van der Waals surface area contributed by atoms with Gasteiger partial charge in [-0.2, -0.15) is 0 Å². The Morgan fingerprint density at radius 3 is 2.42 bits per heavy atom. The molecule has 0 aliphatic carbocycles. The van der Waals surface area contributed by atoms with Crippen molar-refractivity contribution in [2.75, 3.05) is 16.2 Å². The number of nitrogens with zero attached hydrogens (tertiary/aromatic N) is 2. The van der Waals surface area contributed by atoms with Crippen LogP contribution in [0.4, 0.5) is 16.2 Å². The van der Waals surface area contributed by atoms with Crippen molar-refractivity contribution >= 4 is 34.6 Å². The number of urea groups is 1. The zero-order valence-electron chi connectivity index (χ0n) is 16.3. The summed E-state index contributed by atoms with van der Waals surface area (Å²) in [6, 6.07) is 18.7. The standard InChI is InChI=1S/C21H20N4O5S/c26-20(27)14-25(31(29)30)19-9-4-6-16(12-19)15-5-3-8-17(11-15)24-21(28)23-13-18-7-1-2-10-22-18/h1-12H,13-14H2,(H,26,27)(H,29,30)(H2,23,24,28). The third-order valence-electron chi connectivity index (χ3n) is 4.21. The predicted molar refractivity (Wildman–Crippen MR) is 118 cm³/mol. The lowest BCUT2D eigenvalue weighted by atomic mass is 10.0. The van der Waals surface area contributed by atoms with Gasteiger partial charge in [0.2, 0.25) is 0 Å². The van der Waals surface area contributed by atoms with Crippen molar-refractivity contribution in [2.45, 2.75) is 6.54 Å². The number of carboxylic acid groups (broad SMARTS) is 1. The van der Waals surface area contributed by atoms with Crippen molar-refractivity contribution in [3.8, 4) is 11.1 Å². The van der Waals surface area contributed by atoms with Crippen LogP contribution in [-0.4, -0.2) is 37.4 Å². The van der Waals surface area contributed by atoms with Crippen LogP contribution in [0.2, 0.25) is 0 Å². The van der Waals surface area contributed by atoms with E-state index in [2.05, 4.69) is 15.6 Å². The highest BCUT2D eigenvalue weighted by Crippen LogP contribution is 2.27. The number of aromatic nitrogens is 1. The highest BCUT2D eigenvalue weighted by Gasteiger charge is 2.16. The molecule has 1 aromatic heterocycles. The number of amides is 2. The first-order valence-corrected chi connectivity index (χ1v) is 10.2. The van der Waals surface area contributed by atoms with Gasteiger partial charge in [-0.3, -0.25) is 18.6 Å². The molecule has 31 heavy (non-hydrogen) atoms. The molecule has 9 nitrogen and oxygen atoms in total. The summed E-state index contributed by atoms with van der Waals surface area (Å²) in [6.45, 7) is -0.337. The number of carbonyl (C=O) groups is 2. The van der Waals surface area contributed by atoms with Crippen LogP contribution < -0.4 is 14.9 Å². The number of benzene rings is 2. The fourth-order valence-corrected chi connectivity index (χ4v) is 3.34. The van der Waals surface area contributed by atoms with Gasteiger partial charge in [0.25, 0.3) is 11.3 Å². The number of hydrogen-bond acceptors (Lipinski definition) is 4. The van der Waals surface area contributed by atoms with Crippen LogP contribution in [0.5, 0.6) is 0 Å². The average molecular weight is 440 g/mol. The van der Waals surface area contributed by atoms with Gasteiger partial charge in [-0.05, 0) is 47.5 Å². The molecule has 1 heterocycles. The smallest absolute Gasteiger partial charge is 0.324 e. The molecule has 160 valence electrons. The molecule has 10 heteroatoms. The van der Waals surface area contributed by atoms with Crippen LogP contribution >= 0.6 is 0 Å². The average Bonchev–Trinajstić information content (AvgIpc) is 2.77. The second-order valence-corrected chi connectivity index (χ2v) is 7.32. The maximum absolute atomic E-state index is 12.2. The van der Waals surface area contributed by atoms with Crippen LogP contribution in [0, 0.1) is 0 Å². The fraction of sp³-hybridized carbons (Fsp3) is 0.0952. The molecule has 0 aliphatic heterocycles. The van der Waals surface area contributed by atoms with Crippen LogP contribution in [-0.2, 0) is 22.6 Å². The topological polar surface area (TPSA) is 132 Å². The van der Waals surface area contributed by atoms with E-state index in [1.807, 2.05) is 12.1 Å². The van der Waals surface area contributed by atoms with Crippen molar-refractivity contribution < 1.29 is 23.5 Å². The maximum atomic E-state index is 12.2. The molecule has 1 unspecified atom stereocenters. The number of pyridine rings is 1. The number of aliphatic carboxylic acids is 1. The Balaban J connectivity index is 1.73. The Kier molecular flexibility index (Phi) is 7.31. The Morgan fingerprint density at radius 2 is 1.74 bits per heavy atom. The lowest BCUT2D eigenvalue weighted by Crippen LogP contribution is -2.31. The van der Waals surface area contributed by atoms with E-state index in [9.17, 15) is 18.4 Å². The van der Waals surface area contributed by atoms with Gasteiger partial charge in [-0.25, -0.2) is 9.00 Å². The van der Waals surface area contributed by atoms with Gasteiger partial charge in [0, 0.05) is 11.9 Å². The summed E-state index contributed by atoms with van der Waals surface area (Å²) >= 11 is -2.49. The quantitative estimate of drug-likeness (QED) is 0.398. The molecule has 0 spiro atoms. The first kappa shape index (κ1) is 21.9. The van der Waals surface area contributed by atoms with Gasteiger partial charge in [-0.15, -0.1) is 0 Å². The minimum absolute atomic E-state index is 0.284. The molecule has 0 aliphatic rings. The van der Waals surface area contributed by atoms with Crippen LogP contribution in [0.1, 0.15) is 5.69 Å². The monoisotopic (exact) mass is 440 g/mol. The summed E-state index contributed by atoms with van der Waals surface area (Å²) in [5.74, 6) is -1.23. The molecular formula is C21H20N4O5S. The van der Waals surface area contributed by atoms with E-state index in [0.717, 1.165) is 15.6 Å². The Bertz CT molecular complexity index is 1090. The summed E-state index contributed by atoms with van der Waals surface area (Å²) in [7, 11) is 0. The Hall–Kier alpha value is -3.76. The third-order valence-corrected chi connectivity index (χ3v) is 4.93. The first-order chi connectivity index (χ1) is 14.9. The molecule has 0 saturated heterocycles. The highest BCUT2D eigenvalue weighted by molar-refractivity contribution is 7.80. The predicted octanol–water partition coefficient (Wildman–Crippen LogP) is 3.10. The van der Waals surface area contributed by atoms with Gasteiger partial charge < -0.3 is 15.7 Å². The maximum Gasteiger partial charge on any atom is 0.324 e. The second-order valence-electron chi connectivity index (χ2n) is 6.42. The van der Waals surface area contributed by atoms with E-state index >= 15 is 0 Å². The molecular weight excluding hydrogens is 420 g/mol. The van der Waals surface area contributed by atoms with E-state index in [4.69, 9.17) is 5.11 Å². The van der Waals surface area contributed by atoms with Gasteiger partial charge in [0.05, 0.1) is 17.9 Å². The largest absolute Gasteiger partial charge is 0.480 e. The number of rotatable bonds is 8. The highest BCUT2D eigenvalue weighted by atomic mass is 32.2. The zero-order chi connectivity index (χ0) is 22.2. The summed E-state index contributed by atoms with van der Waals surface area (Å²) < 4.78 is 21.8. The lowest BCUT2D eigenvalue weighted by molar-refractivity contribution is -0.135. The molecule has 0 bridgehead atoms. The van der Waals surface area contributed by atoms with Crippen LogP contribution in [0.25, 0.3) is 11.1 Å². The molecule has 0 radical (unpaired) electrons. The summed E-state index contributed by atoms with van der Waals surface area (Å²) in [6.07, 6.45) is 1.65. The molecule has 4 N–H and O–H groups in total. The molecule has 0 saturated carbocycles. The van der Waals surface area contributed by atoms with Crippen molar-refractivity contribution in [2.24, 2.45) is 0 Å².